The summed E-state index contributed by atoms with van der Waals surface area (Å²) < 4.78 is 26.8. The number of rotatable bonds is 3. The second-order valence-corrected chi connectivity index (χ2v) is 7.02. The Bertz CT molecular complexity index is 322. The van der Waals surface area contributed by atoms with Crippen molar-refractivity contribution in [1.29, 1.82) is 0 Å². The van der Waals surface area contributed by atoms with Crippen molar-refractivity contribution >= 4 is 10.0 Å². The van der Waals surface area contributed by atoms with Gasteiger partial charge in [-0.25, -0.2) is 13.1 Å². The van der Waals surface area contributed by atoms with Crippen LogP contribution in [0.3, 0.4) is 0 Å². The Hall–Kier alpha value is -0.130. The summed E-state index contributed by atoms with van der Waals surface area (Å²) in [6.45, 7) is 0. The van der Waals surface area contributed by atoms with Crippen LogP contribution in [-0.4, -0.2) is 30.9 Å². The summed E-state index contributed by atoms with van der Waals surface area (Å²) in [5.74, 6) is 0. The summed E-state index contributed by atoms with van der Waals surface area (Å²) in [5.41, 5.74) is 0. The zero-order valence-corrected chi connectivity index (χ0v) is 10.4. The van der Waals surface area contributed by atoms with Crippen LogP contribution >= 0.6 is 0 Å². The van der Waals surface area contributed by atoms with Crippen LogP contribution in [0.25, 0.3) is 0 Å². The second-order valence-electron chi connectivity index (χ2n) is 5.03. The number of hydrogen-bond donors (Lipinski definition) is 2. The molecular formula is C11H21NO3S. The number of nitrogens with one attached hydrogen (secondary N) is 1. The summed E-state index contributed by atoms with van der Waals surface area (Å²) in [7, 11) is -3.20. The minimum absolute atomic E-state index is 0.221. The van der Waals surface area contributed by atoms with E-state index >= 15 is 0 Å². The van der Waals surface area contributed by atoms with Crippen molar-refractivity contribution in [1.82, 2.24) is 4.72 Å². The van der Waals surface area contributed by atoms with E-state index in [9.17, 15) is 13.5 Å². The molecule has 0 radical (unpaired) electrons. The van der Waals surface area contributed by atoms with Gasteiger partial charge in [0.05, 0.1) is 11.4 Å². The molecule has 2 aliphatic carbocycles. The normalized spacial score (nSPS) is 33.1. The van der Waals surface area contributed by atoms with Crippen molar-refractivity contribution in [2.24, 2.45) is 0 Å². The van der Waals surface area contributed by atoms with Gasteiger partial charge >= 0.3 is 0 Å². The van der Waals surface area contributed by atoms with Gasteiger partial charge in [0.1, 0.15) is 0 Å². The van der Waals surface area contributed by atoms with Gasteiger partial charge in [-0.05, 0) is 25.7 Å². The van der Waals surface area contributed by atoms with E-state index in [1.165, 1.54) is 0 Å². The van der Waals surface area contributed by atoms with E-state index in [0.29, 0.717) is 0 Å². The van der Waals surface area contributed by atoms with Crippen LogP contribution in [0.1, 0.15) is 51.4 Å². The number of sulfonamides is 1. The quantitative estimate of drug-likeness (QED) is 0.786. The fourth-order valence-corrected chi connectivity index (χ4v) is 4.60. The van der Waals surface area contributed by atoms with Crippen LogP contribution in [-0.2, 0) is 10.0 Å². The number of aliphatic hydroxyl groups is 1. The van der Waals surface area contributed by atoms with Crippen molar-refractivity contribution in [3.8, 4) is 0 Å². The smallest absolute Gasteiger partial charge is 0.214 e. The third kappa shape index (κ3) is 2.76. The summed E-state index contributed by atoms with van der Waals surface area (Å²) in [4.78, 5) is 0. The summed E-state index contributed by atoms with van der Waals surface area (Å²) >= 11 is 0. The molecule has 0 aromatic heterocycles. The molecule has 0 saturated heterocycles. The largest absolute Gasteiger partial charge is 0.391 e. The molecule has 2 atom stereocenters. The van der Waals surface area contributed by atoms with Gasteiger partial charge in [-0.1, -0.05) is 25.7 Å². The minimum Gasteiger partial charge on any atom is -0.391 e. The lowest BCUT2D eigenvalue weighted by Crippen LogP contribution is -2.47. The highest BCUT2D eigenvalue weighted by Crippen LogP contribution is 2.26. The summed E-state index contributed by atoms with van der Waals surface area (Å²) in [6, 6.07) is -0.251. The predicted molar refractivity (Wildman–Crippen MR) is 62.6 cm³/mol. The first-order valence-electron chi connectivity index (χ1n) is 6.29. The predicted octanol–water partition coefficient (Wildman–Crippen LogP) is 1.15. The zero-order chi connectivity index (χ0) is 11.6. The molecule has 2 N–H and O–H groups in total. The lowest BCUT2D eigenvalue weighted by atomic mass is 9.93. The maximum absolute atomic E-state index is 12.0. The average molecular weight is 247 g/mol. The lowest BCUT2D eigenvalue weighted by Gasteiger charge is -2.29. The van der Waals surface area contributed by atoms with E-state index in [1.54, 1.807) is 0 Å². The van der Waals surface area contributed by atoms with E-state index in [1.807, 2.05) is 0 Å². The average Bonchev–Trinajstić information content (AvgIpc) is 2.75. The Morgan fingerprint density at radius 1 is 0.938 bits per heavy atom. The fraction of sp³-hybridized carbons (Fsp3) is 1.00. The summed E-state index contributed by atoms with van der Waals surface area (Å²) in [5, 5.41) is 9.53. The van der Waals surface area contributed by atoms with E-state index < -0.39 is 16.1 Å². The highest BCUT2D eigenvalue weighted by molar-refractivity contribution is 7.90. The summed E-state index contributed by atoms with van der Waals surface area (Å²) in [6.07, 6.45) is 6.58. The van der Waals surface area contributed by atoms with Crippen LogP contribution in [0.15, 0.2) is 0 Å². The molecule has 2 rings (SSSR count). The third-order valence-electron chi connectivity index (χ3n) is 3.79. The first-order chi connectivity index (χ1) is 7.59. The molecule has 2 aliphatic rings. The highest BCUT2D eigenvalue weighted by Gasteiger charge is 2.33. The molecule has 0 unspecified atom stereocenters. The molecule has 94 valence electrons. The zero-order valence-electron chi connectivity index (χ0n) is 9.56. The van der Waals surface area contributed by atoms with Gasteiger partial charge in [0.2, 0.25) is 10.0 Å². The Kier molecular flexibility index (Phi) is 3.87. The Morgan fingerprint density at radius 2 is 1.50 bits per heavy atom. The molecule has 0 heterocycles. The fourth-order valence-electron chi connectivity index (χ4n) is 2.75. The Labute approximate surface area is 97.5 Å². The highest BCUT2D eigenvalue weighted by atomic mass is 32.2. The van der Waals surface area contributed by atoms with Crippen LogP contribution in [0.4, 0.5) is 0 Å². The molecule has 0 amide bonds. The maximum Gasteiger partial charge on any atom is 0.214 e. The lowest BCUT2D eigenvalue weighted by molar-refractivity contribution is 0.101. The first-order valence-corrected chi connectivity index (χ1v) is 7.83. The molecule has 2 saturated carbocycles. The monoisotopic (exact) mass is 247 g/mol. The molecule has 0 aromatic carbocycles. The van der Waals surface area contributed by atoms with Crippen molar-refractivity contribution in [3.05, 3.63) is 0 Å². The van der Waals surface area contributed by atoms with E-state index in [-0.39, 0.29) is 11.3 Å². The van der Waals surface area contributed by atoms with Gasteiger partial charge in [0, 0.05) is 6.04 Å². The molecule has 16 heavy (non-hydrogen) atoms. The van der Waals surface area contributed by atoms with Crippen molar-refractivity contribution < 1.29 is 13.5 Å². The first kappa shape index (κ1) is 12.3. The topological polar surface area (TPSA) is 66.4 Å². The van der Waals surface area contributed by atoms with E-state index in [4.69, 9.17) is 0 Å². The number of hydrogen-bond acceptors (Lipinski definition) is 3. The standard InChI is InChI=1S/C11H21NO3S/c13-11-8-4-3-7-10(11)12-16(14,15)9-5-1-2-6-9/h9-13H,1-8H2/t10-,11-/m1/s1. The van der Waals surface area contributed by atoms with E-state index in [0.717, 1.165) is 51.4 Å². The SMILES string of the molecule is O=S(=O)(N[C@@H]1CCCC[C@H]1O)C1CCCC1. The minimum atomic E-state index is -3.20. The van der Waals surface area contributed by atoms with Crippen LogP contribution in [0.5, 0.6) is 0 Å². The van der Waals surface area contributed by atoms with Crippen LogP contribution in [0.2, 0.25) is 0 Å². The maximum atomic E-state index is 12.0. The Balaban J connectivity index is 1.96. The molecular weight excluding hydrogens is 226 g/mol. The van der Waals surface area contributed by atoms with Crippen molar-refractivity contribution in [2.75, 3.05) is 0 Å². The van der Waals surface area contributed by atoms with E-state index in [2.05, 4.69) is 4.72 Å². The van der Waals surface area contributed by atoms with Gasteiger partial charge < -0.3 is 5.11 Å². The molecule has 0 aromatic rings. The molecule has 0 spiro atoms. The van der Waals surface area contributed by atoms with Crippen molar-refractivity contribution in [3.63, 3.8) is 0 Å². The van der Waals surface area contributed by atoms with Gasteiger partial charge in [0.25, 0.3) is 0 Å². The van der Waals surface area contributed by atoms with Gasteiger partial charge in [-0.2, -0.15) is 0 Å². The Morgan fingerprint density at radius 3 is 2.12 bits per heavy atom. The van der Waals surface area contributed by atoms with Gasteiger partial charge in [-0.15, -0.1) is 0 Å². The van der Waals surface area contributed by atoms with Gasteiger partial charge in [-0.3, -0.25) is 0 Å². The third-order valence-corrected chi connectivity index (χ3v) is 5.77. The van der Waals surface area contributed by atoms with Crippen molar-refractivity contribution in [2.45, 2.75) is 68.8 Å². The molecule has 0 aliphatic heterocycles. The number of aliphatic hydroxyl groups excluding tert-OH is 1. The molecule has 2 fully saturated rings. The molecule has 5 heteroatoms. The van der Waals surface area contributed by atoms with Crippen LogP contribution in [0, 0.1) is 0 Å². The van der Waals surface area contributed by atoms with Gasteiger partial charge in [0.15, 0.2) is 0 Å². The second kappa shape index (κ2) is 5.02. The van der Waals surface area contributed by atoms with Crippen LogP contribution < -0.4 is 4.72 Å². The molecule has 4 nitrogen and oxygen atoms in total. The molecule has 0 bridgehead atoms.